The highest BCUT2D eigenvalue weighted by molar-refractivity contribution is 7.98. The molecule has 1 aromatic heterocycles. The van der Waals surface area contributed by atoms with Gasteiger partial charge in [-0.2, -0.15) is 0 Å². The molecule has 0 radical (unpaired) electrons. The Morgan fingerprint density at radius 2 is 2.07 bits per heavy atom. The van der Waals surface area contributed by atoms with Gasteiger partial charge in [-0.25, -0.2) is 0 Å². The molecule has 1 aromatic carbocycles. The molecule has 2 aromatic rings. The second-order valence-electron chi connectivity index (χ2n) is 7.12. The number of carbonyl (C=O) groups is 1. The van der Waals surface area contributed by atoms with Crippen LogP contribution in [0.4, 0.5) is 0 Å². The first-order valence-electron chi connectivity index (χ1n) is 9.33. The molecule has 0 bridgehead atoms. The topological polar surface area (TPSA) is 69.0 Å². The molecule has 0 fully saturated rings. The van der Waals surface area contributed by atoms with Crippen molar-refractivity contribution in [3.8, 4) is 5.75 Å². The van der Waals surface area contributed by atoms with Crippen molar-refractivity contribution in [2.24, 2.45) is 5.92 Å². The highest BCUT2D eigenvalue weighted by Gasteiger charge is 2.12. The van der Waals surface area contributed by atoms with Gasteiger partial charge >= 0.3 is 0 Å². The number of benzene rings is 1. The van der Waals surface area contributed by atoms with Gasteiger partial charge in [-0.15, -0.1) is 10.2 Å². The lowest BCUT2D eigenvalue weighted by atomic mass is 10.1. The van der Waals surface area contributed by atoms with E-state index in [1.54, 1.807) is 11.8 Å². The van der Waals surface area contributed by atoms with Crippen LogP contribution in [-0.4, -0.2) is 40.1 Å². The molecule has 0 aliphatic rings. The third-order valence-corrected chi connectivity index (χ3v) is 4.78. The van der Waals surface area contributed by atoms with E-state index in [-0.39, 0.29) is 12.5 Å². The number of thioether (sulfide) groups is 1. The fourth-order valence-corrected chi connectivity index (χ4v) is 3.36. The Morgan fingerprint density at radius 1 is 1.30 bits per heavy atom. The van der Waals surface area contributed by atoms with Gasteiger partial charge in [0.25, 0.3) is 5.91 Å². The van der Waals surface area contributed by atoms with Crippen molar-refractivity contribution in [3.05, 3.63) is 35.2 Å². The summed E-state index contributed by atoms with van der Waals surface area (Å²) in [6.07, 6.45) is 3.62. The van der Waals surface area contributed by atoms with Crippen LogP contribution in [0, 0.1) is 19.8 Å². The first-order chi connectivity index (χ1) is 12.9. The fraction of sp³-hybridized carbons (Fsp3) is 0.550. The van der Waals surface area contributed by atoms with Gasteiger partial charge in [-0.1, -0.05) is 43.3 Å². The van der Waals surface area contributed by atoms with Gasteiger partial charge in [-0.05, 0) is 44.1 Å². The standard InChI is InChI=1S/C20H30N4O2S/c1-14(2)12-24-18(22-23-20(24)27-5)7-6-10-21-19(25)13-26-17-9-8-15(3)11-16(17)4/h8-9,11,14H,6-7,10,12-13H2,1-5H3,(H,21,25). The van der Waals surface area contributed by atoms with Crippen molar-refractivity contribution < 1.29 is 9.53 Å². The van der Waals surface area contributed by atoms with Crippen LogP contribution in [0.25, 0.3) is 0 Å². The Balaban J connectivity index is 1.75. The molecule has 2 rings (SSSR count). The number of carbonyl (C=O) groups excluding carboxylic acids is 1. The zero-order chi connectivity index (χ0) is 19.8. The maximum atomic E-state index is 12.0. The summed E-state index contributed by atoms with van der Waals surface area (Å²) < 4.78 is 7.79. The van der Waals surface area contributed by atoms with E-state index >= 15 is 0 Å². The Morgan fingerprint density at radius 3 is 2.74 bits per heavy atom. The predicted octanol–water partition coefficient (Wildman–Crippen LogP) is 3.40. The number of rotatable bonds is 10. The minimum absolute atomic E-state index is 0.0318. The largest absolute Gasteiger partial charge is 0.484 e. The summed E-state index contributed by atoms with van der Waals surface area (Å²) in [5.74, 6) is 2.16. The van der Waals surface area contributed by atoms with Crippen LogP contribution in [0.5, 0.6) is 5.75 Å². The molecule has 1 heterocycles. The highest BCUT2D eigenvalue weighted by Crippen LogP contribution is 2.18. The number of nitrogens with one attached hydrogen (secondary N) is 1. The molecule has 148 valence electrons. The third kappa shape index (κ3) is 6.57. The number of hydrogen-bond donors (Lipinski definition) is 1. The molecule has 0 aliphatic carbocycles. The van der Waals surface area contributed by atoms with Crippen LogP contribution in [0.1, 0.15) is 37.2 Å². The van der Waals surface area contributed by atoms with Crippen LogP contribution in [0.15, 0.2) is 23.4 Å². The summed E-state index contributed by atoms with van der Waals surface area (Å²) in [5.41, 5.74) is 2.22. The Bertz CT molecular complexity index is 758. The minimum Gasteiger partial charge on any atom is -0.484 e. The maximum Gasteiger partial charge on any atom is 0.257 e. The first kappa shape index (κ1) is 21.3. The van der Waals surface area contributed by atoms with E-state index in [4.69, 9.17) is 4.74 Å². The van der Waals surface area contributed by atoms with Crippen molar-refractivity contribution in [3.63, 3.8) is 0 Å². The lowest BCUT2D eigenvalue weighted by Gasteiger charge is -2.12. The second-order valence-corrected chi connectivity index (χ2v) is 7.89. The summed E-state index contributed by atoms with van der Waals surface area (Å²) in [6, 6.07) is 5.93. The van der Waals surface area contributed by atoms with Crippen LogP contribution in [-0.2, 0) is 17.8 Å². The quantitative estimate of drug-likeness (QED) is 0.497. The van der Waals surface area contributed by atoms with Crippen LogP contribution < -0.4 is 10.1 Å². The SMILES string of the molecule is CSc1nnc(CCCNC(=O)COc2ccc(C)cc2C)n1CC(C)C. The Hall–Kier alpha value is -2.02. The average Bonchev–Trinajstić information content (AvgIpc) is 2.99. The van der Waals surface area contributed by atoms with Gasteiger partial charge in [0.05, 0.1) is 0 Å². The third-order valence-electron chi connectivity index (χ3n) is 4.11. The van der Waals surface area contributed by atoms with E-state index in [2.05, 4.69) is 33.9 Å². The van der Waals surface area contributed by atoms with Crippen molar-refractivity contribution in [1.29, 1.82) is 0 Å². The van der Waals surface area contributed by atoms with E-state index in [0.29, 0.717) is 12.5 Å². The van der Waals surface area contributed by atoms with Crippen molar-refractivity contribution in [2.45, 2.75) is 52.2 Å². The van der Waals surface area contributed by atoms with E-state index in [9.17, 15) is 4.79 Å². The smallest absolute Gasteiger partial charge is 0.257 e. The van der Waals surface area contributed by atoms with Crippen LogP contribution in [0.3, 0.4) is 0 Å². The minimum atomic E-state index is -0.108. The molecule has 0 saturated carbocycles. The average molecular weight is 391 g/mol. The molecule has 27 heavy (non-hydrogen) atoms. The summed E-state index contributed by atoms with van der Waals surface area (Å²) in [6.45, 7) is 9.93. The molecule has 0 atom stereocenters. The van der Waals surface area contributed by atoms with Gasteiger partial charge in [-0.3, -0.25) is 4.79 Å². The zero-order valence-electron chi connectivity index (χ0n) is 16.9. The lowest BCUT2D eigenvalue weighted by molar-refractivity contribution is -0.123. The number of aromatic nitrogens is 3. The van der Waals surface area contributed by atoms with Crippen LogP contribution in [0.2, 0.25) is 0 Å². The van der Waals surface area contributed by atoms with Crippen molar-refractivity contribution in [2.75, 3.05) is 19.4 Å². The van der Waals surface area contributed by atoms with Crippen molar-refractivity contribution >= 4 is 17.7 Å². The van der Waals surface area contributed by atoms with Gasteiger partial charge in [0.1, 0.15) is 11.6 Å². The molecule has 0 aliphatic heterocycles. The predicted molar refractivity (Wildman–Crippen MR) is 109 cm³/mol. The van der Waals surface area contributed by atoms with Crippen molar-refractivity contribution in [1.82, 2.24) is 20.1 Å². The summed E-state index contributed by atoms with van der Waals surface area (Å²) >= 11 is 1.61. The van der Waals surface area contributed by atoms with Gasteiger partial charge in [0.2, 0.25) is 0 Å². The Labute approximate surface area is 166 Å². The van der Waals surface area contributed by atoms with Crippen LogP contribution >= 0.6 is 11.8 Å². The Kier molecular flexibility index (Phi) is 8.16. The van der Waals surface area contributed by atoms with Gasteiger partial charge < -0.3 is 14.6 Å². The normalized spacial score (nSPS) is 11.0. The van der Waals surface area contributed by atoms with E-state index in [1.807, 2.05) is 38.3 Å². The van der Waals surface area contributed by atoms with E-state index in [0.717, 1.165) is 41.7 Å². The number of nitrogens with zero attached hydrogens (tertiary/aromatic N) is 3. The molecule has 0 saturated heterocycles. The summed E-state index contributed by atoms with van der Waals surface area (Å²) in [7, 11) is 0. The molecule has 0 unspecified atom stereocenters. The monoisotopic (exact) mass is 390 g/mol. The number of ether oxygens (including phenoxy) is 1. The van der Waals surface area contributed by atoms with E-state index in [1.165, 1.54) is 5.56 Å². The molecule has 6 nitrogen and oxygen atoms in total. The molecular weight excluding hydrogens is 360 g/mol. The molecular formula is C20H30N4O2S. The highest BCUT2D eigenvalue weighted by atomic mass is 32.2. The lowest BCUT2D eigenvalue weighted by Crippen LogP contribution is -2.30. The molecule has 0 spiro atoms. The second kappa shape index (κ2) is 10.3. The zero-order valence-corrected chi connectivity index (χ0v) is 17.7. The summed E-state index contributed by atoms with van der Waals surface area (Å²) in [4.78, 5) is 12.0. The molecule has 1 N–H and O–H groups in total. The molecule has 1 amide bonds. The first-order valence-corrected chi connectivity index (χ1v) is 10.6. The fourth-order valence-electron chi connectivity index (χ4n) is 2.83. The summed E-state index contributed by atoms with van der Waals surface area (Å²) in [5, 5.41) is 12.4. The molecule has 7 heteroatoms. The number of amides is 1. The number of aryl methyl sites for hydroxylation is 3. The van der Waals surface area contributed by atoms with Gasteiger partial charge in [0, 0.05) is 19.5 Å². The number of hydrogen-bond acceptors (Lipinski definition) is 5. The van der Waals surface area contributed by atoms with E-state index < -0.39 is 0 Å². The maximum absolute atomic E-state index is 12.0. The van der Waals surface area contributed by atoms with Gasteiger partial charge in [0.15, 0.2) is 11.8 Å².